The summed E-state index contributed by atoms with van der Waals surface area (Å²) in [5, 5.41) is 10.6. The molecule has 28 heavy (non-hydrogen) atoms. The van der Waals surface area contributed by atoms with Crippen LogP contribution >= 0.6 is 0 Å². The predicted octanol–water partition coefficient (Wildman–Crippen LogP) is 2.81. The van der Waals surface area contributed by atoms with E-state index in [2.05, 4.69) is 0 Å². The summed E-state index contributed by atoms with van der Waals surface area (Å²) in [5.74, 6) is 0.566. The lowest BCUT2D eigenvalue weighted by Gasteiger charge is -2.19. The quantitative estimate of drug-likeness (QED) is 0.180. The van der Waals surface area contributed by atoms with Crippen molar-refractivity contribution < 1.29 is 33.3 Å². The first-order chi connectivity index (χ1) is 13.4. The van der Waals surface area contributed by atoms with Crippen LogP contribution in [0.15, 0.2) is 24.3 Å². The van der Waals surface area contributed by atoms with Crippen molar-refractivity contribution in [1.82, 2.24) is 0 Å². The molecule has 9 nitrogen and oxygen atoms in total. The fourth-order valence-electron chi connectivity index (χ4n) is 1.82. The second-order valence-electron chi connectivity index (χ2n) is 6.72. The first-order valence-corrected chi connectivity index (χ1v) is 9.21. The Kier molecular flexibility index (Phi) is 12.3. The SMILES string of the molecule is CC(C)(C)OCOCCOCCOCCOCCOc1ccc([N+](=O)[O-])cc1. The van der Waals surface area contributed by atoms with E-state index in [9.17, 15) is 10.1 Å². The fraction of sp³-hybridized carbons (Fsp3) is 0.684. The van der Waals surface area contributed by atoms with E-state index in [1.165, 1.54) is 12.1 Å². The van der Waals surface area contributed by atoms with Crippen molar-refractivity contribution in [3.63, 3.8) is 0 Å². The first kappa shape index (κ1) is 24.3. The molecule has 0 fully saturated rings. The molecule has 0 aromatic heterocycles. The maximum Gasteiger partial charge on any atom is 0.269 e. The van der Waals surface area contributed by atoms with Gasteiger partial charge in [0, 0.05) is 12.1 Å². The smallest absolute Gasteiger partial charge is 0.269 e. The first-order valence-electron chi connectivity index (χ1n) is 9.21. The summed E-state index contributed by atoms with van der Waals surface area (Å²) < 4.78 is 32.3. The van der Waals surface area contributed by atoms with Crippen LogP contribution in [0.25, 0.3) is 0 Å². The van der Waals surface area contributed by atoms with E-state index in [4.69, 9.17) is 28.4 Å². The molecule has 0 N–H and O–H groups in total. The molecule has 0 aliphatic heterocycles. The number of nitro benzene ring substituents is 1. The molecule has 0 spiro atoms. The van der Waals surface area contributed by atoms with E-state index in [0.29, 0.717) is 58.6 Å². The van der Waals surface area contributed by atoms with Gasteiger partial charge in [0.2, 0.25) is 0 Å². The van der Waals surface area contributed by atoms with Gasteiger partial charge in [-0.05, 0) is 32.9 Å². The van der Waals surface area contributed by atoms with Crippen LogP contribution in [0.1, 0.15) is 20.8 Å². The van der Waals surface area contributed by atoms with Gasteiger partial charge in [-0.15, -0.1) is 0 Å². The number of rotatable bonds is 16. The van der Waals surface area contributed by atoms with E-state index in [-0.39, 0.29) is 18.1 Å². The minimum atomic E-state index is -0.450. The van der Waals surface area contributed by atoms with Crippen molar-refractivity contribution in [2.75, 3.05) is 59.6 Å². The molecule has 0 heterocycles. The molecule has 1 rings (SSSR count). The molecule has 0 radical (unpaired) electrons. The van der Waals surface area contributed by atoms with Crippen molar-refractivity contribution in [1.29, 1.82) is 0 Å². The Morgan fingerprint density at radius 2 is 1.25 bits per heavy atom. The van der Waals surface area contributed by atoms with Crippen molar-refractivity contribution in [2.24, 2.45) is 0 Å². The van der Waals surface area contributed by atoms with E-state index in [1.807, 2.05) is 20.8 Å². The molecule has 0 saturated heterocycles. The molecule has 0 atom stereocenters. The lowest BCUT2D eigenvalue weighted by atomic mass is 10.2. The third-order valence-electron chi connectivity index (χ3n) is 3.24. The molecule has 0 aliphatic rings. The Labute approximate surface area is 166 Å². The van der Waals surface area contributed by atoms with Gasteiger partial charge < -0.3 is 28.4 Å². The highest BCUT2D eigenvalue weighted by Gasteiger charge is 2.09. The molecular weight excluding hydrogens is 370 g/mol. The molecule has 0 amide bonds. The van der Waals surface area contributed by atoms with Crippen LogP contribution in [-0.2, 0) is 23.7 Å². The van der Waals surface area contributed by atoms with E-state index >= 15 is 0 Å². The van der Waals surface area contributed by atoms with Crippen LogP contribution in [0, 0.1) is 10.1 Å². The van der Waals surface area contributed by atoms with Gasteiger partial charge in [-0.2, -0.15) is 0 Å². The van der Waals surface area contributed by atoms with Gasteiger partial charge in [-0.25, -0.2) is 0 Å². The minimum absolute atomic E-state index is 0.0341. The Bertz CT molecular complexity index is 530. The van der Waals surface area contributed by atoms with E-state index < -0.39 is 4.92 Å². The second kappa shape index (κ2) is 14.3. The predicted molar refractivity (Wildman–Crippen MR) is 103 cm³/mol. The summed E-state index contributed by atoms with van der Waals surface area (Å²) in [6.45, 7) is 9.82. The van der Waals surface area contributed by atoms with Gasteiger partial charge in [0.05, 0.1) is 56.8 Å². The average molecular weight is 401 g/mol. The Morgan fingerprint density at radius 3 is 1.71 bits per heavy atom. The molecule has 1 aromatic carbocycles. The molecular formula is C19H31NO8. The topological polar surface area (TPSA) is 98.5 Å². The van der Waals surface area contributed by atoms with Gasteiger partial charge in [-0.3, -0.25) is 10.1 Å². The van der Waals surface area contributed by atoms with Crippen LogP contribution in [0.5, 0.6) is 5.75 Å². The standard InChI is InChI=1S/C19H31NO8/c1-19(2,3)28-16-26-13-12-24-9-8-23-10-11-25-14-15-27-18-6-4-17(5-7-18)20(21)22/h4-7H,8-16H2,1-3H3. The monoisotopic (exact) mass is 401 g/mol. The Balaban J connectivity index is 1.82. The number of hydrogen-bond donors (Lipinski definition) is 0. The average Bonchev–Trinajstić information content (AvgIpc) is 2.64. The number of ether oxygens (including phenoxy) is 6. The summed E-state index contributed by atoms with van der Waals surface area (Å²) in [7, 11) is 0. The number of non-ortho nitro benzene ring substituents is 1. The van der Waals surface area contributed by atoms with Crippen molar-refractivity contribution in [3.8, 4) is 5.75 Å². The maximum absolute atomic E-state index is 10.6. The highest BCUT2D eigenvalue weighted by atomic mass is 16.7. The van der Waals surface area contributed by atoms with Crippen LogP contribution in [0.4, 0.5) is 5.69 Å². The van der Waals surface area contributed by atoms with E-state index in [1.54, 1.807) is 12.1 Å². The van der Waals surface area contributed by atoms with Gasteiger partial charge in [0.25, 0.3) is 5.69 Å². The zero-order chi connectivity index (χ0) is 20.7. The number of nitrogens with zero attached hydrogens (tertiary/aromatic N) is 1. The Morgan fingerprint density at radius 1 is 0.786 bits per heavy atom. The third kappa shape index (κ3) is 13.4. The molecule has 160 valence electrons. The molecule has 0 aliphatic carbocycles. The van der Waals surface area contributed by atoms with Gasteiger partial charge in [0.15, 0.2) is 0 Å². The Hall–Kier alpha value is -1.78. The largest absolute Gasteiger partial charge is 0.491 e. The van der Waals surface area contributed by atoms with E-state index in [0.717, 1.165) is 0 Å². The van der Waals surface area contributed by atoms with Gasteiger partial charge in [-0.1, -0.05) is 0 Å². The molecule has 0 unspecified atom stereocenters. The summed E-state index contributed by atoms with van der Waals surface area (Å²) >= 11 is 0. The summed E-state index contributed by atoms with van der Waals surface area (Å²) in [4.78, 5) is 10.1. The van der Waals surface area contributed by atoms with Crippen LogP contribution in [-0.4, -0.2) is 70.2 Å². The summed E-state index contributed by atoms with van der Waals surface area (Å²) in [5.41, 5.74) is -0.167. The molecule has 1 aromatic rings. The third-order valence-corrected chi connectivity index (χ3v) is 3.24. The normalized spacial score (nSPS) is 11.5. The zero-order valence-corrected chi connectivity index (χ0v) is 16.9. The number of benzene rings is 1. The maximum atomic E-state index is 10.6. The lowest BCUT2D eigenvalue weighted by molar-refractivity contribution is -0.384. The highest BCUT2D eigenvalue weighted by molar-refractivity contribution is 5.35. The van der Waals surface area contributed by atoms with Gasteiger partial charge >= 0.3 is 0 Å². The highest BCUT2D eigenvalue weighted by Crippen LogP contribution is 2.17. The summed E-state index contributed by atoms with van der Waals surface area (Å²) in [6, 6.07) is 5.92. The van der Waals surface area contributed by atoms with Crippen molar-refractivity contribution >= 4 is 5.69 Å². The number of hydrogen-bond acceptors (Lipinski definition) is 8. The molecule has 0 saturated carbocycles. The number of nitro groups is 1. The van der Waals surface area contributed by atoms with Crippen LogP contribution < -0.4 is 4.74 Å². The lowest BCUT2D eigenvalue weighted by Crippen LogP contribution is -2.21. The van der Waals surface area contributed by atoms with Crippen LogP contribution in [0.2, 0.25) is 0 Å². The van der Waals surface area contributed by atoms with Crippen molar-refractivity contribution in [3.05, 3.63) is 34.4 Å². The van der Waals surface area contributed by atoms with Crippen LogP contribution in [0.3, 0.4) is 0 Å². The fourth-order valence-corrected chi connectivity index (χ4v) is 1.82. The van der Waals surface area contributed by atoms with Crippen molar-refractivity contribution in [2.45, 2.75) is 26.4 Å². The molecule has 9 heteroatoms. The zero-order valence-electron chi connectivity index (χ0n) is 16.9. The van der Waals surface area contributed by atoms with Gasteiger partial charge in [0.1, 0.15) is 19.1 Å². The molecule has 0 bridgehead atoms. The minimum Gasteiger partial charge on any atom is -0.491 e. The second-order valence-corrected chi connectivity index (χ2v) is 6.72. The summed E-state index contributed by atoms with van der Waals surface area (Å²) in [6.07, 6.45) is 0.